The number of aryl methyl sites for hydroxylation is 1. The van der Waals surface area contributed by atoms with Crippen LogP contribution in [0.2, 0.25) is 0 Å². The fraction of sp³-hybridized carbons (Fsp3) is 0.150. The third-order valence-electron chi connectivity index (χ3n) is 4.43. The number of rotatable bonds is 6. The Labute approximate surface area is 179 Å². The van der Waals surface area contributed by atoms with Gasteiger partial charge < -0.3 is 10.6 Å². The average Bonchev–Trinajstić information content (AvgIpc) is 3.43. The molecule has 32 heavy (non-hydrogen) atoms. The van der Waals surface area contributed by atoms with Gasteiger partial charge in [0.2, 0.25) is 5.95 Å². The third-order valence-corrected chi connectivity index (χ3v) is 4.43. The van der Waals surface area contributed by atoms with Crippen molar-refractivity contribution >= 4 is 17.5 Å². The number of carbonyl (C=O) groups is 1. The average molecular weight is 442 g/mol. The van der Waals surface area contributed by atoms with Crippen LogP contribution in [-0.2, 0) is 7.05 Å². The Balaban J connectivity index is 1.44. The molecule has 9 nitrogen and oxygen atoms in total. The Hall–Kier alpha value is -4.22. The SMILES string of the molecule is Cn1nc(-c2ccc(C(=O)NCC(F)(F)F)cc2)nc1Nc1ccc(-c2cn[nH]c2)nc1. The standard InChI is InChI=1S/C20H17F3N8O/c1-31-19(28-15-6-7-16(24-10-15)14-8-26-27-9-14)29-17(30-31)12-2-4-13(5-3-12)18(32)25-11-20(21,22)23/h2-10H,11H2,1H3,(H,25,32)(H,26,27)(H,28,29,30). The summed E-state index contributed by atoms with van der Waals surface area (Å²) < 4.78 is 38.3. The lowest BCUT2D eigenvalue weighted by molar-refractivity contribution is -0.123. The first-order valence-electron chi connectivity index (χ1n) is 9.37. The highest BCUT2D eigenvalue weighted by Gasteiger charge is 2.27. The summed E-state index contributed by atoms with van der Waals surface area (Å²) in [5.41, 5.74) is 3.05. The van der Waals surface area contributed by atoms with Gasteiger partial charge in [0.1, 0.15) is 6.54 Å². The predicted molar refractivity (Wildman–Crippen MR) is 110 cm³/mol. The lowest BCUT2D eigenvalue weighted by Crippen LogP contribution is -2.33. The number of aromatic amines is 1. The molecule has 0 fully saturated rings. The molecule has 164 valence electrons. The summed E-state index contributed by atoms with van der Waals surface area (Å²) in [5.74, 6) is 0.0432. The summed E-state index contributed by atoms with van der Waals surface area (Å²) in [4.78, 5) is 20.7. The molecule has 0 atom stereocenters. The Kier molecular flexibility index (Phi) is 5.58. The Morgan fingerprint density at radius 2 is 1.88 bits per heavy atom. The zero-order chi connectivity index (χ0) is 22.7. The molecule has 0 radical (unpaired) electrons. The number of H-pyrrole nitrogens is 1. The smallest absolute Gasteiger partial charge is 0.343 e. The first-order chi connectivity index (χ1) is 15.3. The van der Waals surface area contributed by atoms with E-state index in [-0.39, 0.29) is 5.56 Å². The quantitative estimate of drug-likeness (QED) is 0.422. The molecule has 0 spiro atoms. The van der Waals surface area contributed by atoms with E-state index in [9.17, 15) is 18.0 Å². The Morgan fingerprint density at radius 3 is 2.50 bits per heavy atom. The van der Waals surface area contributed by atoms with Crippen molar-refractivity contribution in [2.24, 2.45) is 7.05 Å². The van der Waals surface area contributed by atoms with Crippen molar-refractivity contribution in [3.63, 3.8) is 0 Å². The second kappa shape index (κ2) is 8.49. The number of carbonyl (C=O) groups excluding carboxylic acids is 1. The van der Waals surface area contributed by atoms with Gasteiger partial charge in [0.05, 0.1) is 23.8 Å². The van der Waals surface area contributed by atoms with Gasteiger partial charge in [-0.25, -0.2) is 4.68 Å². The number of hydrogen-bond acceptors (Lipinski definition) is 6. The van der Waals surface area contributed by atoms with Gasteiger partial charge in [-0.15, -0.1) is 5.10 Å². The minimum Gasteiger partial charge on any atom is -0.343 e. The van der Waals surface area contributed by atoms with E-state index >= 15 is 0 Å². The number of hydrogen-bond donors (Lipinski definition) is 3. The maximum Gasteiger partial charge on any atom is 0.405 e. The lowest BCUT2D eigenvalue weighted by atomic mass is 10.1. The highest BCUT2D eigenvalue weighted by Crippen LogP contribution is 2.22. The van der Waals surface area contributed by atoms with Crippen molar-refractivity contribution in [1.29, 1.82) is 0 Å². The molecule has 0 aliphatic carbocycles. The topological polar surface area (TPSA) is 113 Å². The zero-order valence-electron chi connectivity index (χ0n) is 16.7. The molecule has 3 aromatic heterocycles. The number of amides is 1. The van der Waals surface area contributed by atoms with Crippen LogP contribution >= 0.6 is 0 Å². The van der Waals surface area contributed by atoms with E-state index in [4.69, 9.17) is 0 Å². The number of pyridine rings is 1. The van der Waals surface area contributed by atoms with Crippen LogP contribution in [0.15, 0.2) is 55.0 Å². The molecule has 0 unspecified atom stereocenters. The molecule has 4 aromatic rings. The molecular formula is C20H17F3N8O. The molecule has 0 aliphatic heterocycles. The molecule has 12 heteroatoms. The zero-order valence-corrected chi connectivity index (χ0v) is 16.7. The fourth-order valence-corrected chi connectivity index (χ4v) is 2.83. The molecule has 1 aromatic carbocycles. The summed E-state index contributed by atoms with van der Waals surface area (Å²) in [6, 6.07) is 9.67. The number of nitrogens with one attached hydrogen (secondary N) is 3. The van der Waals surface area contributed by atoms with Crippen LogP contribution in [0.3, 0.4) is 0 Å². The Morgan fingerprint density at radius 1 is 1.09 bits per heavy atom. The summed E-state index contributed by atoms with van der Waals surface area (Å²) in [7, 11) is 1.71. The number of halogens is 3. The molecular weight excluding hydrogens is 425 g/mol. The fourth-order valence-electron chi connectivity index (χ4n) is 2.83. The van der Waals surface area contributed by atoms with Crippen LogP contribution in [-0.4, -0.2) is 48.6 Å². The summed E-state index contributed by atoms with van der Waals surface area (Å²) in [6.07, 6.45) is 0.613. The van der Waals surface area contributed by atoms with Crippen molar-refractivity contribution in [3.05, 3.63) is 60.6 Å². The molecule has 3 heterocycles. The second-order valence-electron chi connectivity index (χ2n) is 6.80. The van der Waals surface area contributed by atoms with Gasteiger partial charge in [0.25, 0.3) is 5.91 Å². The maximum atomic E-state index is 12.3. The van der Waals surface area contributed by atoms with Crippen LogP contribution in [0.4, 0.5) is 24.8 Å². The minimum absolute atomic E-state index is 0.107. The van der Waals surface area contributed by atoms with E-state index in [1.807, 2.05) is 17.4 Å². The van der Waals surface area contributed by atoms with Gasteiger partial charge in [-0.05, 0) is 24.3 Å². The van der Waals surface area contributed by atoms with Gasteiger partial charge >= 0.3 is 6.18 Å². The predicted octanol–water partition coefficient (Wildman–Crippen LogP) is 3.30. The molecule has 0 bridgehead atoms. The first kappa shape index (κ1) is 21.0. The summed E-state index contributed by atoms with van der Waals surface area (Å²) in [5, 5.41) is 15.9. The maximum absolute atomic E-state index is 12.3. The van der Waals surface area contributed by atoms with E-state index < -0.39 is 18.6 Å². The molecule has 4 rings (SSSR count). The van der Waals surface area contributed by atoms with Gasteiger partial charge in [0.15, 0.2) is 5.82 Å². The monoisotopic (exact) mass is 442 g/mol. The van der Waals surface area contributed by atoms with Crippen LogP contribution < -0.4 is 10.6 Å². The first-order valence-corrected chi connectivity index (χ1v) is 9.37. The summed E-state index contributed by atoms with van der Waals surface area (Å²) >= 11 is 0. The van der Waals surface area contributed by atoms with Crippen molar-refractivity contribution < 1.29 is 18.0 Å². The van der Waals surface area contributed by atoms with Gasteiger partial charge in [-0.3, -0.25) is 14.9 Å². The van der Waals surface area contributed by atoms with E-state index in [0.717, 1.165) is 11.3 Å². The van der Waals surface area contributed by atoms with Crippen LogP contribution in [0.1, 0.15) is 10.4 Å². The normalized spacial score (nSPS) is 11.4. The summed E-state index contributed by atoms with van der Waals surface area (Å²) in [6.45, 7) is -1.39. The van der Waals surface area contributed by atoms with E-state index in [1.165, 1.54) is 12.1 Å². The molecule has 3 N–H and O–H groups in total. The second-order valence-corrected chi connectivity index (χ2v) is 6.80. The highest BCUT2D eigenvalue weighted by atomic mass is 19.4. The minimum atomic E-state index is -4.47. The lowest BCUT2D eigenvalue weighted by Gasteiger charge is -2.08. The largest absolute Gasteiger partial charge is 0.405 e. The van der Waals surface area contributed by atoms with Crippen molar-refractivity contribution in [2.75, 3.05) is 11.9 Å². The van der Waals surface area contributed by atoms with Gasteiger partial charge in [-0.2, -0.15) is 23.3 Å². The molecule has 0 aliphatic rings. The van der Waals surface area contributed by atoms with Gasteiger partial charge in [0, 0.05) is 29.9 Å². The molecule has 0 saturated heterocycles. The third kappa shape index (κ3) is 4.91. The van der Waals surface area contributed by atoms with Crippen LogP contribution in [0.5, 0.6) is 0 Å². The number of alkyl halides is 3. The highest BCUT2D eigenvalue weighted by molar-refractivity contribution is 5.94. The van der Waals surface area contributed by atoms with Crippen molar-refractivity contribution in [3.8, 4) is 22.6 Å². The Bertz CT molecular complexity index is 1200. The van der Waals surface area contributed by atoms with E-state index in [1.54, 1.807) is 42.5 Å². The van der Waals surface area contributed by atoms with Crippen molar-refractivity contribution in [1.82, 2.24) is 35.3 Å². The van der Waals surface area contributed by atoms with Gasteiger partial charge in [-0.1, -0.05) is 12.1 Å². The number of anilines is 2. The number of aromatic nitrogens is 6. The molecule has 1 amide bonds. The van der Waals surface area contributed by atoms with E-state index in [2.05, 4.69) is 30.6 Å². The van der Waals surface area contributed by atoms with Crippen LogP contribution in [0.25, 0.3) is 22.6 Å². The number of nitrogens with zero attached hydrogens (tertiary/aromatic N) is 5. The van der Waals surface area contributed by atoms with E-state index in [0.29, 0.717) is 23.0 Å². The number of benzene rings is 1. The van der Waals surface area contributed by atoms with Crippen molar-refractivity contribution in [2.45, 2.75) is 6.18 Å². The molecule has 0 saturated carbocycles. The van der Waals surface area contributed by atoms with Crippen LogP contribution in [0, 0.1) is 0 Å².